The van der Waals surface area contributed by atoms with Gasteiger partial charge in [-0.3, -0.25) is 4.90 Å². The summed E-state index contributed by atoms with van der Waals surface area (Å²) >= 11 is 0. The Bertz CT molecular complexity index is 885. The molecule has 0 aliphatic carbocycles. The van der Waals surface area contributed by atoms with E-state index in [1.165, 1.54) is 19.0 Å². The lowest BCUT2D eigenvalue weighted by Crippen LogP contribution is -2.55. The normalized spacial score (nSPS) is 23.0. The van der Waals surface area contributed by atoms with Crippen molar-refractivity contribution in [3.8, 4) is 11.5 Å². The molecule has 2 saturated heterocycles. The third-order valence-electron chi connectivity index (χ3n) is 6.15. The van der Waals surface area contributed by atoms with Crippen LogP contribution < -0.4 is 20.1 Å². The lowest BCUT2D eigenvalue weighted by atomic mass is 9.84. The summed E-state index contributed by atoms with van der Waals surface area (Å²) < 4.78 is 25.1. The Morgan fingerprint density at radius 1 is 1.17 bits per heavy atom. The van der Waals surface area contributed by atoms with Crippen LogP contribution in [0.5, 0.6) is 11.5 Å². The van der Waals surface area contributed by atoms with Crippen molar-refractivity contribution in [1.29, 1.82) is 0 Å². The molecule has 0 saturated carbocycles. The number of halogens is 1. The molecule has 2 aromatic rings. The van der Waals surface area contributed by atoms with E-state index >= 15 is 0 Å². The Morgan fingerprint density at radius 3 is 2.60 bits per heavy atom. The number of fused-ring (bicyclic) bond motifs is 1. The minimum absolute atomic E-state index is 0.0960. The van der Waals surface area contributed by atoms with Crippen LogP contribution in [0.1, 0.15) is 39.5 Å². The van der Waals surface area contributed by atoms with Crippen LogP contribution in [0.2, 0.25) is 0 Å². The fraction of sp³-hybridized carbons (Fsp3) is 0.545. The second-order valence-corrected chi connectivity index (χ2v) is 8.70. The van der Waals surface area contributed by atoms with Crippen molar-refractivity contribution >= 4 is 17.5 Å². The van der Waals surface area contributed by atoms with Crippen molar-refractivity contribution in [2.75, 3.05) is 31.4 Å². The van der Waals surface area contributed by atoms with Crippen LogP contribution in [-0.4, -0.2) is 53.3 Å². The number of anilines is 3. The van der Waals surface area contributed by atoms with Gasteiger partial charge in [-0.25, -0.2) is 9.37 Å². The average Bonchev–Trinajstić information content (AvgIpc) is 3.19. The maximum atomic E-state index is 14.5. The van der Waals surface area contributed by atoms with E-state index in [4.69, 9.17) is 9.47 Å². The van der Waals surface area contributed by atoms with Gasteiger partial charge in [0, 0.05) is 41.5 Å². The predicted molar refractivity (Wildman–Crippen MR) is 115 cm³/mol. The Morgan fingerprint density at radius 2 is 1.90 bits per heavy atom. The number of benzene rings is 1. The zero-order valence-corrected chi connectivity index (χ0v) is 18.0. The molecular formula is C22H30FN5O2. The van der Waals surface area contributed by atoms with Crippen molar-refractivity contribution in [3.63, 3.8) is 0 Å². The number of ether oxygens (including phenoxy) is 2. The van der Waals surface area contributed by atoms with E-state index in [1.54, 1.807) is 32.4 Å². The van der Waals surface area contributed by atoms with Crippen molar-refractivity contribution in [1.82, 2.24) is 14.9 Å². The maximum absolute atomic E-state index is 14.5. The van der Waals surface area contributed by atoms with Gasteiger partial charge >= 0.3 is 0 Å². The minimum atomic E-state index is -0.449. The Labute approximate surface area is 177 Å². The summed E-state index contributed by atoms with van der Waals surface area (Å²) in [4.78, 5) is 11.1. The van der Waals surface area contributed by atoms with Crippen LogP contribution in [0.4, 0.5) is 21.8 Å². The van der Waals surface area contributed by atoms with Gasteiger partial charge in [0.25, 0.3) is 0 Å². The maximum Gasteiger partial charge on any atom is 0.229 e. The van der Waals surface area contributed by atoms with Crippen molar-refractivity contribution in [3.05, 3.63) is 30.2 Å². The van der Waals surface area contributed by atoms with Gasteiger partial charge in [0.1, 0.15) is 11.5 Å². The molecule has 2 aliphatic rings. The molecule has 0 amide bonds. The highest BCUT2D eigenvalue weighted by Crippen LogP contribution is 2.38. The second kappa shape index (κ2) is 8.26. The molecule has 1 aromatic heterocycles. The number of hydrogen-bond acceptors (Lipinski definition) is 7. The zero-order valence-electron chi connectivity index (χ0n) is 18.0. The molecule has 2 aliphatic heterocycles. The molecule has 0 radical (unpaired) electrons. The van der Waals surface area contributed by atoms with E-state index in [1.807, 2.05) is 0 Å². The summed E-state index contributed by atoms with van der Waals surface area (Å²) in [6.45, 7) is 5.71. The molecule has 30 heavy (non-hydrogen) atoms. The number of aromatic nitrogens is 2. The number of nitrogens with zero attached hydrogens (tertiary/aromatic N) is 3. The number of nitrogens with one attached hydrogen (secondary N) is 2. The molecule has 162 valence electrons. The molecule has 8 heteroatoms. The third-order valence-corrected chi connectivity index (χ3v) is 6.15. The molecule has 3 heterocycles. The summed E-state index contributed by atoms with van der Waals surface area (Å²) in [5, 5.41) is 6.46. The van der Waals surface area contributed by atoms with Crippen LogP contribution >= 0.6 is 0 Å². The Kier molecular flexibility index (Phi) is 5.69. The summed E-state index contributed by atoms with van der Waals surface area (Å²) in [5.74, 6) is 1.38. The monoisotopic (exact) mass is 415 g/mol. The number of methoxy groups -OCH3 is 2. The lowest BCUT2D eigenvalue weighted by molar-refractivity contribution is 0.0500. The van der Waals surface area contributed by atoms with Crippen molar-refractivity contribution in [2.45, 2.75) is 57.2 Å². The van der Waals surface area contributed by atoms with Crippen LogP contribution in [0, 0.1) is 5.82 Å². The highest BCUT2D eigenvalue weighted by atomic mass is 19.1. The van der Waals surface area contributed by atoms with Crippen molar-refractivity contribution < 1.29 is 13.9 Å². The van der Waals surface area contributed by atoms with Gasteiger partial charge in [0.15, 0.2) is 11.6 Å². The van der Waals surface area contributed by atoms with E-state index in [2.05, 4.69) is 39.3 Å². The lowest BCUT2D eigenvalue weighted by Gasteiger charge is -2.47. The quantitative estimate of drug-likeness (QED) is 0.733. The fourth-order valence-electron chi connectivity index (χ4n) is 4.85. The topological polar surface area (TPSA) is 71.5 Å². The molecule has 4 rings (SSSR count). The fourth-order valence-corrected chi connectivity index (χ4v) is 4.85. The molecule has 2 fully saturated rings. The SMILES string of the molecule is COc1cc(Nc2ncc(F)c(NC3CC4CCCN4C(C)(C)C3)n2)cc(OC)c1. The highest BCUT2D eigenvalue weighted by molar-refractivity contribution is 5.60. The molecule has 0 spiro atoms. The largest absolute Gasteiger partial charge is 0.497 e. The van der Waals surface area contributed by atoms with E-state index in [0.717, 1.165) is 19.4 Å². The van der Waals surface area contributed by atoms with Gasteiger partial charge in [-0.1, -0.05) is 0 Å². The molecule has 2 unspecified atom stereocenters. The van der Waals surface area contributed by atoms with Gasteiger partial charge in [0.05, 0.1) is 20.4 Å². The van der Waals surface area contributed by atoms with Crippen LogP contribution in [0.15, 0.2) is 24.4 Å². The third kappa shape index (κ3) is 4.28. The van der Waals surface area contributed by atoms with Gasteiger partial charge in [-0.15, -0.1) is 0 Å². The summed E-state index contributed by atoms with van der Waals surface area (Å²) in [5.41, 5.74) is 0.794. The van der Waals surface area contributed by atoms with E-state index in [-0.39, 0.29) is 17.4 Å². The van der Waals surface area contributed by atoms with Crippen LogP contribution in [-0.2, 0) is 0 Å². The zero-order chi connectivity index (χ0) is 21.3. The Balaban J connectivity index is 1.51. The van der Waals surface area contributed by atoms with E-state index < -0.39 is 5.82 Å². The first-order valence-corrected chi connectivity index (χ1v) is 10.4. The summed E-state index contributed by atoms with van der Waals surface area (Å²) in [6.07, 6.45) is 5.59. The van der Waals surface area contributed by atoms with Gasteiger partial charge < -0.3 is 20.1 Å². The van der Waals surface area contributed by atoms with Gasteiger partial charge in [-0.2, -0.15) is 4.98 Å². The smallest absolute Gasteiger partial charge is 0.229 e. The number of rotatable bonds is 6. The first-order chi connectivity index (χ1) is 14.4. The molecule has 2 N–H and O–H groups in total. The van der Waals surface area contributed by atoms with Crippen molar-refractivity contribution in [2.24, 2.45) is 0 Å². The summed E-state index contributed by atoms with van der Waals surface area (Å²) in [7, 11) is 3.18. The molecular weight excluding hydrogens is 385 g/mol. The van der Waals surface area contributed by atoms with Crippen LogP contribution in [0.3, 0.4) is 0 Å². The molecule has 7 nitrogen and oxygen atoms in total. The summed E-state index contributed by atoms with van der Waals surface area (Å²) in [6, 6.07) is 6.12. The first kappa shape index (κ1) is 20.7. The van der Waals surface area contributed by atoms with Gasteiger partial charge in [-0.05, 0) is 46.1 Å². The predicted octanol–water partition coefficient (Wildman–Crippen LogP) is 4.19. The van der Waals surface area contributed by atoms with Gasteiger partial charge in [0.2, 0.25) is 5.95 Å². The molecule has 0 bridgehead atoms. The Hall–Kier alpha value is -2.61. The standard InChI is InChI=1S/C22H30FN5O2/c1-22(2)12-15(8-16-6-5-7-28(16)22)25-20-19(23)13-24-21(27-20)26-14-9-17(29-3)11-18(10-14)30-4/h9-11,13,15-16H,5-8,12H2,1-4H3,(H2,24,25,26,27). The number of hydrogen-bond donors (Lipinski definition) is 2. The minimum Gasteiger partial charge on any atom is -0.497 e. The first-order valence-electron chi connectivity index (χ1n) is 10.4. The van der Waals surface area contributed by atoms with E-state index in [0.29, 0.717) is 29.2 Å². The average molecular weight is 416 g/mol. The second-order valence-electron chi connectivity index (χ2n) is 8.70. The molecule has 1 aromatic carbocycles. The molecule has 2 atom stereocenters. The number of piperidine rings is 1. The van der Waals surface area contributed by atoms with E-state index in [9.17, 15) is 4.39 Å². The highest BCUT2D eigenvalue weighted by Gasteiger charge is 2.43. The van der Waals surface area contributed by atoms with Crippen LogP contribution in [0.25, 0.3) is 0 Å².